The number of hydrogen-bond acceptors (Lipinski definition) is 1. The van der Waals surface area contributed by atoms with Crippen molar-refractivity contribution < 1.29 is 13.2 Å². The van der Waals surface area contributed by atoms with Crippen LogP contribution in [0.5, 0.6) is 0 Å². The average molecular weight is 203 g/mol. The highest BCUT2D eigenvalue weighted by molar-refractivity contribution is 5.21. The molecule has 0 amide bonds. The molecule has 0 fully saturated rings. The molecule has 0 aromatic heterocycles. The Balaban J connectivity index is 2.84. The first-order valence-corrected chi connectivity index (χ1v) is 4.36. The number of hydrogen-bond donors (Lipinski definition) is 1. The minimum Gasteiger partial charge on any atom is -0.330 e. The summed E-state index contributed by atoms with van der Waals surface area (Å²) in [7, 11) is 0. The second-order valence-corrected chi connectivity index (χ2v) is 3.03. The van der Waals surface area contributed by atoms with Crippen LogP contribution < -0.4 is 5.73 Å². The lowest BCUT2D eigenvalue weighted by Gasteiger charge is -2.20. The fourth-order valence-electron chi connectivity index (χ4n) is 1.17. The standard InChI is InChI=1S/C10H12F3N/c11-9(6-7-14)10(12,13)8-4-2-1-3-5-8/h1-5,9H,6-7,14H2. The fraction of sp³-hybridized carbons (Fsp3) is 0.400. The highest BCUT2D eigenvalue weighted by Gasteiger charge is 2.41. The molecule has 78 valence electrons. The Kier molecular flexibility index (Phi) is 3.52. The van der Waals surface area contributed by atoms with E-state index in [0.717, 1.165) is 0 Å². The average Bonchev–Trinajstić information content (AvgIpc) is 2.19. The molecular weight excluding hydrogens is 191 g/mol. The van der Waals surface area contributed by atoms with Gasteiger partial charge in [-0.2, -0.15) is 8.78 Å². The summed E-state index contributed by atoms with van der Waals surface area (Å²) < 4.78 is 39.6. The lowest BCUT2D eigenvalue weighted by atomic mass is 10.0. The maximum atomic E-state index is 13.3. The predicted octanol–water partition coefficient (Wildman–Crippen LogP) is 2.47. The zero-order valence-corrected chi connectivity index (χ0v) is 7.59. The van der Waals surface area contributed by atoms with Gasteiger partial charge in [-0.1, -0.05) is 30.3 Å². The first kappa shape index (κ1) is 11.0. The molecule has 1 aromatic rings. The van der Waals surface area contributed by atoms with Crippen LogP contribution >= 0.6 is 0 Å². The first-order chi connectivity index (χ1) is 6.59. The fourth-order valence-corrected chi connectivity index (χ4v) is 1.17. The van der Waals surface area contributed by atoms with Crippen LogP contribution in [-0.4, -0.2) is 12.7 Å². The van der Waals surface area contributed by atoms with E-state index in [1.807, 2.05) is 0 Å². The largest absolute Gasteiger partial charge is 0.330 e. The molecule has 0 saturated carbocycles. The van der Waals surface area contributed by atoms with Gasteiger partial charge in [0.1, 0.15) is 0 Å². The van der Waals surface area contributed by atoms with Crippen LogP contribution in [0, 0.1) is 0 Å². The minimum absolute atomic E-state index is 0.0798. The molecule has 0 spiro atoms. The van der Waals surface area contributed by atoms with E-state index in [9.17, 15) is 13.2 Å². The molecule has 1 rings (SSSR count). The molecular formula is C10H12F3N. The van der Waals surface area contributed by atoms with E-state index in [2.05, 4.69) is 0 Å². The van der Waals surface area contributed by atoms with Gasteiger partial charge in [-0.15, -0.1) is 0 Å². The van der Waals surface area contributed by atoms with Crippen LogP contribution in [0.2, 0.25) is 0 Å². The van der Waals surface area contributed by atoms with E-state index >= 15 is 0 Å². The van der Waals surface area contributed by atoms with Crippen molar-refractivity contribution in [3.05, 3.63) is 35.9 Å². The molecule has 1 aromatic carbocycles. The molecule has 0 aliphatic carbocycles. The maximum absolute atomic E-state index is 13.3. The van der Waals surface area contributed by atoms with Crippen LogP contribution in [0.4, 0.5) is 13.2 Å². The van der Waals surface area contributed by atoms with E-state index in [0.29, 0.717) is 0 Å². The Morgan fingerprint density at radius 2 is 1.79 bits per heavy atom. The molecule has 1 atom stereocenters. The quantitative estimate of drug-likeness (QED) is 0.799. The van der Waals surface area contributed by atoms with Crippen molar-refractivity contribution in [2.75, 3.05) is 6.54 Å². The number of benzene rings is 1. The molecule has 0 aliphatic rings. The summed E-state index contributed by atoms with van der Waals surface area (Å²) in [4.78, 5) is 0. The Morgan fingerprint density at radius 3 is 2.29 bits per heavy atom. The third-order valence-corrected chi connectivity index (χ3v) is 1.97. The normalized spacial score (nSPS) is 14.0. The Labute approximate surface area is 80.7 Å². The van der Waals surface area contributed by atoms with Crippen LogP contribution in [0.1, 0.15) is 12.0 Å². The van der Waals surface area contributed by atoms with Crippen molar-refractivity contribution in [3.63, 3.8) is 0 Å². The summed E-state index contributed by atoms with van der Waals surface area (Å²) in [5.74, 6) is -3.44. The van der Waals surface area contributed by atoms with Gasteiger partial charge in [0, 0.05) is 5.56 Å². The second-order valence-electron chi connectivity index (χ2n) is 3.03. The SMILES string of the molecule is NCCC(F)C(F)(F)c1ccccc1. The number of halogens is 3. The minimum atomic E-state index is -3.44. The molecule has 1 nitrogen and oxygen atoms in total. The molecule has 0 heterocycles. The summed E-state index contributed by atoms with van der Waals surface area (Å²) in [6, 6.07) is 6.94. The number of nitrogens with two attached hydrogens (primary N) is 1. The highest BCUT2D eigenvalue weighted by atomic mass is 19.3. The predicted molar refractivity (Wildman–Crippen MR) is 48.9 cm³/mol. The van der Waals surface area contributed by atoms with E-state index in [-0.39, 0.29) is 18.5 Å². The molecule has 14 heavy (non-hydrogen) atoms. The second kappa shape index (κ2) is 4.46. The lowest BCUT2D eigenvalue weighted by molar-refractivity contribution is -0.0806. The maximum Gasteiger partial charge on any atom is 0.303 e. The first-order valence-electron chi connectivity index (χ1n) is 4.36. The van der Waals surface area contributed by atoms with Gasteiger partial charge in [0.05, 0.1) is 0 Å². The third-order valence-electron chi connectivity index (χ3n) is 1.97. The van der Waals surface area contributed by atoms with E-state index < -0.39 is 12.1 Å². The third kappa shape index (κ3) is 2.26. The summed E-state index contributed by atoms with van der Waals surface area (Å²) in [6.45, 7) is -0.0798. The molecule has 0 bridgehead atoms. The van der Waals surface area contributed by atoms with Gasteiger partial charge in [0.25, 0.3) is 0 Å². The Bertz CT molecular complexity index is 274. The zero-order chi connectivity index (χ0) is 10.6. The van der Waals surface area contributed by atoms with Crippen molar-refractivity contribution >= 4 is 0 Å². The van der Waals surface area contributed by atoms with Crippen LogP contribution in [0.15, 0.2) is 30.3 Å². The lowest BCUT2D eigenvalue weighted by Crippen LogP contribution is -2.29. The van der Waals surface area contributed by atoms with E-state index in [1.54, 1.807) is 6.07 Å². The Hall–Kier alpha value is -1.03. The molecule has 0 radical (unpaired) electrons. The Morgan fingerprint density at radius 1 is 1.21 bits per heavy atom. The van der Waals surface area contributed by atoms with Crippen LogP contribution in [0.25, 0.3) is 0 Å². The molecule has 1 unspecified atom stereocenters. The van der Waals surface area contributed by atoms with Crippen molar-refractivity contribution in [2.45, 2.75) is 18.5 Å². The summed E-state index contributed by atoms with van der Waals surface area (Å²) >= 11 is 0. The molecule has 0 aliphatic heterocycles. The molecule has 0 saturated heterocycles. The van der Waals surface area contributed by atoms with Gasteiger partial charge in [-0.3, -0.25) is 0 Å². The van der Waals surface area contributed by atoms with Crippen molar-refractivity contribution in [1.29, 1.82) is 0 Å². The van der Waals surface area contributed by atoms with E-state index in [1.165, 1.54) is 24.3 Å². The van der Waals surface area contributed by atoms with Gasteiger partial charge in [0.15, 0.2) is 6.17 Å². The van der Waals surface area contributed by atoms with Crippen molar-refractivity contribution in [2.24, 2.45) is 5.73 Å². The zero-order valence-electron chi connectivity index (χ0n) is 7.59. The summed E-state index contributed by atoms with van der Waals surface area (Å²) in [5, 5.41) is 0. The van der Waals surface area contributed by atoms with E-state index in [4.69, 9.17) is 5.73 Å². The monoisotopic (exact) mass is 203 g/mol. The van der Waals surface area contributed by atoms with Crippen molar-refractivity contribution in [3.8, 4) is 0 Å². The summed E-state index contributed by atoms with van der Waals surface area (Å²) in [5.41, 5.74) is 4.73. The van der Waals surface area contributed by atoms with Gasteiger partial charge in [0.2, 0.25) is 0 Å². The highest BCUT2D eigenvalue weighted by Crippen LogP contribution is 2.34. The molecule has 2 N–H and O–H groups in total. The van der Waals surface area contributed by atoms with Gasteiger partial charge in [-0.25, -0.2) is 4.39 Å². The summed E-state index contributed by atoms with van der Waals surface area (Å²) in [6.07, 6.45) is -2.54. The van der Waals surface area contributed by atoms with Crippen molar-refractivity contribution in [1.82, 2.24) is 0 Å². The number of rotatable bonds is 4. The van der Waals surface area contributed by atoms with Gasteiger partial charge >= 0.3 is 5.92 Å². The van der Waals surface area contributed by atoms with Crippen LogP contribution in [0.3, 0.4) is 0 Å². The van der Waals surface area contributed by atoms with Gasteiger partial charge < -0.3 is 5.73 Å². The number of alkyl halides is 3. The smallest absolute Gasteiger partial charge is 0.303 e. The van der Waals surface area contributed by atoms with Gasteiger partial charge in [-0.05, 0) is 13.0 Å². The topological polar surface area (TPSA) is 26.0 Å². The molecule has 4 heteroatoms. The van der Waals surface area contributed by atoms with Crippen LogP contribution in [-0.2, 0) is 5.92 Å².